The molecule has 5 nitrogen and oxygen atoms in total. The van der Waals surface area contributed by atoms with Gasteiger partial charge in [0.05, 0.1) is 5.25 Å². The zero-order valence-corrected chi connectivity index (χ0v) is 15.4. The monoisotopic (exact) mass is 336 g/mol. The van der Waals surface area contributed by atoms with E-state index in [1.165, 1.54) is 37.4 Å². The molecule has 2 aliphatic carbocycles. The van der Waals surface area contributed by atoms with E-state index >= 15 is 0 Å². The van der Waals surface area contributed by atoms with Crippen LogP contribution in [-0.4, -0.2) is 32.0 Å². The van der Waals surface area contributed by atoms with Crippen molar-refractivity contribution >= 4 is 17.7 Å². The van der Waals surface area contributed by atoms with Gasteiger partial charge in [0.15, 0.2) is 5.16 Å². The van der Waals surface area contributed by atoms with Gasteiger partial charge in [-0.2, -0.15) is 0 Å². The van der Waals surface area contributed by atoms with E-state index in [0.717, 1.165) is 17.4 Å². The quantitative estimate of drug-likeness (QED) is 0.839. The fourth-order valence-corrected chi connectivity index (χ4v) is 4.25. The van der Waals surface area contributed by atoms with Crippen molar-refractivity contribution in [1.29, 1.82) is 0 Å². The van der Waals surface area contributed by atoms with Crippen LogP contribution in [0.1, 0.15) is 64.6 Å². The molecule has 0 spiro atoms. The van der Waals surface area contributed by atoms with E-state index in [-0.39, 0.29) is 11.2 Å². The van der Waals surface area contributed by atoms with Gasteiger partial charge in [0.25, 0.3) is 0 Å². The fraction of sp³-hybridized carbons (Fsp3) is 0.824. The van der Waals surface area contributed by atoms with Gasteiger partial charge in [-0.15, -0.1) is 10.2 Å². The van der Waals surface area contributed by atoms with E-state index in [9.17, 15) is 4.79 Å². The van der Waals surface area contributed by atoms with E-state index in [1.54, 1.807) is 0 Å². The third-order valence-electron chi connectivity index (χ3n) is 5.50. The molecule has 2 aliphatic rings. The number of nitrogens with zero attached hydrogens (tertiary/aromatic N) is 3. The van der Waals surface area contributed by atoms with Crippen LogP contribution < -0.4 is 5.32 Å². The van der Waals surface area contributed by atoms with Crippen LogP contribution in [0.15, 0.2) is 5.16 Å². The summed E-state index contributed by atoms with van der Waals surface area (Å²) in [6, 6.07) is 0.316. The molecular formula is C17H28N4OS. The number of thioether (sulfide) groups is 1. The highest BCUT2D eigenvalue weighted by Gasteiger charge is 2.31. The maximum absolute atomic E-state index is 12.5. The first kappa shape index (κ1) is 16.8. The molecule has 6 heteroatoms. The lowest BCUT2D eigenvalue weighted by Crippen LogP contribution is -2.46. The molecule has 23 heavy (non-hydrogen) atoms. The molecular weight excluding hydrogens is 308 g/mol. The Morgan fingerprint density at radius 1 is 1.26 bits per heavy atom. The zero-order valence-electron chi connectivity index (χ0n) is 14.6. The summed E-state index contributed by atoms with van der Waals surface area (Å²) in [5, 5.41) is 12.5. The van der Waals surface area contributed by atoms with Crippen molar-refractivity contribution in [3.05, 3.63) is 5.82 Å². The fourth-order valence-electron chi connectivity index (χ4n) is 3.42. The van der Waals surface area contributed by atoms with Crippen molar-refractivity contribution in [2.45, 2.75) is 75.2 Å². The SMILES string of the molecule is C[C@@H]1[C@@H](C)CCC[C@H]1NC(=O)[C@@H](C)Sc1nnc(C2CC2)n1C. The molecule has 2 fully saturated rings. The minimum absolute atomic E-state index is 0.122. The molecule has 1 amide bonds. The number of nitrogens with one attached hydrogen (secondary N) is 1. The van der Waals surface area contributed by atoms with Crippen LogP contribution in [0.25, 0.3) is 0 Å². The number of rotatable bonds is 5. The molecule has 4 atom stereocenters. The Labute approximate surface area is 143 Å². The lowest BCUT2D eigenvalue weighted by molar-refractivity contribution is -0.121. The Kier molecular flexibility index (Phi) is 4.99. The molecule has 0 aromatic carbocycles. The van der Waals surface area contributed by atoms with Crippen LogP contribution in [0.4, 0.5) is 0 Å². The number of carbonyl (C=O) groups excluding carboxylic acids is 1. The minimum atomic E-state index is -0.144. The molecule has 1 aromatic rings. The molecule has 3 rings (SSSR count). The Balaban J connectivity index is 1.57. The first-order valence-corrected chi connectivity index (χ1v) is 9.71. The second-order valence-corrected chi connectivity index (χ2v) is 8.62. The summed E-state index contributed by atoms with van der Waals surface area (Å²) < 4.78 is 2.05. The van der Waals surface area contributed by atoms with E-state index in [4.69, 9.17) is 0 Å². The third kappa shape index (κ3) is 3.73. The number of hydrogen-bond donors (Lipinski definition) is 1. The standard InChI is InChI=1S/C17H28N4OS/c1-10-6-5-7-14(11(10)2)18-16(22)12(3)23-17-20-19-15(21(17)4)13-8-9-13/h10-14H,5-9H2,1-4H3,(H,18,22)/t10-,11+,12+,14+/m0/s1. The number of amides is 1. The van der Waals surface area contributed by atoms with Gasteiger partial charge < -0.3 is 9.88 Å². The van der Waals surface area contributed by atoms with Crippen molar-refractivity contribution in [3.63, 3.8) is 0 Å². The highest BCUT2D eigenvalue weighted by Crippen LogP contribution is 2.39. The largest absolute Gasteiger partial charge is 0.352 e. The minimum Gasteiger partial charge on any atom is -0.352 e. The zero-order chi connectivity index (χ0) is 16.6. The van der Waals surface area contributed by atoms with Crippen molar-refractivity contribution < 1.29 is 4.79 Å². The van der Waals surface area contributed by atoms with Gasteiger partial charge in [-0.25, -0.2) is 0 Å². The van der Waals surface area contributed by atoms with Crippen LogP contribution in [0.2, 0.25) is 0 Å². The second kappa shape index (κ2) is 6.83. The highest BCUT2D eigenvalue weighted by atomic mass is 32.2. The summed E-state index contributed by atoms with van der Waals surface area (Å²) in [7, 11) is 2.01. The Morgan fingerprint density at radius 3 is 2.70 bits per heavy atom. The highest BCUT2D eigenvalue weighted by molar-refractivity contribution is 8.00. The van der Waals surface area contributed by atoms with Gasteiger partial charge in [-0.1, -0.05) is 38.5 Å². The van der Waals surface area contributed by atoms with E-state index in [1.807, 2.05) is 14.0 Å². The summed E-state index contributed by atoms with van der Waals surface area (Å²) in [5.74, 6) is 3.01. The predicted molar refractivity (Wildman–Crippen MR) is 92.4 cm³/mol. The smallest absolute Gasteiger partial charge is 0.233 e. The summed E-state index contributed by atoms with van der Waals surface area (Å²) in [5.41, 5.74) is 0. The van der Waals surface area contributed by atoms with Gasteiger partial charge in [0, 0.05) is 19.0 Å². The third-order valence-corrected chi connectivity index (χ3v) is 6.63. The molecule has 0 bridgehead atoms. The number of hydrogen-bond acceptors (Lipinski definition) is 4. The molecule has 2 saturated carbocycles. The van der Waals surface area contributed by atoms with Crippen LogP contribution in [-0.2, 0) is 11.8 Å². The second-order valence-electron chi connectivity index (χ2n) is 7.32. The van der Waals surface area contributed by atoms with Crippen LogP contribution >= 0.6 is 11.8 Å². The molecule has 128 valence electrons. The van der Waals surface area contributed by atoms with Crippen LogP contribution in [0.5, 0.6) is 0 Å². The summed E-state index contributed by atoms with van der Waals surface area (Å²) in [6.45, 7) is 6.51. The van der Waals surface area contributed by atoms with Crippen molar-refractivity contribution in [1.82, 2.24) is 20.1 Å². The van der Waals surface area contributed by atoms with Crippen molar-refractivity contribution in [2.24, 2.45) is 18.9 Å². The summed E-state index contributed by atoms with van der Waals surface area (Å²) in [6.07, 6.45) is 6.02. The van der Waals surface area contributed by atoms with Gasteiger partial charge in [-0.05, 0) is 38.0 Å². The normalized spacial score (nSPS) is 29.3. The van der Waals surface area contributed by atoms with Gasteiger partial charge in [0.2, 0.25) is 5.91 Å². The maximum Gasteiger partial charge on any atom is 0.233 e. The average molecular weight is 337 g/mol. The Bertz CT molecular complexity index is 569. The first-order valence-electron chi connectivity index (χ1n) is 8.83. The molecule has 0 unspecified atom stereocenters. The maximum atomic E-state index is 12.5. The van der Waals surface area contributed by atoms with Crippen LogP contribution in [0, 0.1) is 11.8 Å². The molecule has 0 radical (unpaired) electrons. The molecule has 0 saturated heterocycles. The molecule has 1 heterocycles. The van der Waals surface area contributed by atoms with Gasteiger partial charge >= 0.3 is 0 Å². The first-order chi connectivity index (χ1) is 11.0. The lowest BCUT2D eigenvalue weighted by Gasteiger charge is -2.35. The van der Waals surface area contributed by atoms with Crippen molar-refractivity contribution in [2.75, 3.05) is 0 Å². The Morgan fingerprint density at radius 2 is 2.00 bits per heavy atom. The Hall–Kier alpha value is -1.04. The summed E-state index contributed by atoms with van der Waals surface area (Å²) in [4.78, 5) is 12.5. The summed E-state index contributed by atoms with van der Waals surface area (Å²) >= 11 is 1.51. The molecule has 1 aromatic heterocycles. The van der Waals surface area contributed by atoms with E-state index < -0.39 is 0 Å². The number of carbonyl (C=O) groups is 1. The van der Waals surface area contributed by atoms with Crippen molar-refractivity contribution in [3.8, 4) is 0 Å². The van der Waals surface area contributed by atoms with E-state index in [0.29, 0.717) is 23.8 Å². The topological polar surface area (TPSA) is 59.8 Å². The van der Waals surface area contributed by atoms with Gasteiger partial charge in [-0.3, -0.25) is 4.79 Å². The van der Waals surface area contributed by atoms with E-state index in [2.05, 4.69) is 33.9 Å². The predicted octanol–water partition coefficient (Wildman–Crippen LogP) is 3.11. The lowest BCUT2D eigenvalue weighted by atomic mass is 9.78. The van der Waals surface area contributed by atoms with Crippen LogP contribution in [0.3, 0.4) is 0 Å². The molecule has 1 N–H and O–H groups in total. The number of aromatic nitrogens is 3. The van der Waals surface area contributed by atoms with Gasteiger partial charge in [0.1, 0.15) is 5.82 Å². The molecule has 0 aliphatic heterocycles. The average Bonchev–Trinajstić information content (AvgIpc) is 3.30.